The molecule has 3 aromatic rings. The highest BCUT2D eigenvalue weighted by Crippen LogP contribution is 2.44. The Balaban J connectivity index is 1.43. The van der Waals surface area contributed by atoms with E-state index in [0.29, 0.717) is 5.02 Å². The number of hydrogen-bond acceptors (Lipinski definition) is 7. The molecule has 1 amide bonds. The molecule has 8 nitrogen and oxygen atoms in total. The first-order chi connectivity index (χ1) is 19.4. The summed E-state index contributed by atoms with van der Waals surface area (Å²) < 4.78 is 16.0. The van der Waals surface area contributed by atoms with Crippen molar-refractivity contribution in [2.24, 2.45) is 11.0 Å². The summed E-state index contributed by atoms with van der Waals surface area (Å²) in [4.78, 5) is 26.2. The number of hydrogen-bond donors (Lipinski definition) is 1. The first-order valence-electron chi connectivity index (χ1n) is 13.0. The SMILES string of the molecule is COc1ccc(C=C2CCCC3C2=NN(C(=O)COC(=O)c2ccc(Cl)c(N)c2)C3c2ccc(OC)cc2)cc1. The standard InChI is InChI=1S/C31H30ClN3O5/c1-38-23-11-6-19(7-12-23)16-21-4-3-5-25-29(21)34-35(30(25)20-8-13-24(39-2)14-9-20)28(36)18-40-31(37)22-10-15-26(32)27(33)17-22/h6-17,25,30H,3-5,18,33H2,1-2H3. The van der Waals surface area contributed by atoms with Crippen molar-refractivity contribution in [2.75, 3.05) is 26.6 Å². The zero-order chi connectivity index (χ0) is 28.2. The molecule has 5 rings (SSSR count). The fraction of sp³-hybridized carbons (Fsp3) is 0.258. The molecule has 0 spiro atoms. The Morgan fingerprint density at radius 2 is 1.70 bits per heavy atom. The van der Waals surface area contributed by atoms with Gasteiger partial charge in [0.05, 0.1) is 42.2 Å². The van der Waals surface area contributed by atoms with Crippen molar-refractivity contribution in [1.29, 1.82) is 0 Å². The van der Waals surface area contributed by atoms with E-state index in [1.165, 1.54) is 23.2 Å². The van der Waals surface area contributed by atoms with Gasteiger partial charge >= 0.3 is 5.97 Å². The summed E-state index contributed by atoms with van der Waals surface area (Å²) in [5, 5.41) is 6.65. The number of hydrazone groups is 1. The Kier molecular flexibility index (Phi) is 8.07. The van der Waals surface area contributed by atoms with Gasteiger partial charge in [0.1, 0.15) is 11.5 Å². The molecule has 2 atom stereocenters. The summed E-state index contributed by atoms with van der Waals surface area (Å²) in [6.45, 7) is -0.463. The van der Waals surface area contributed by atoms with Gasteiger partial charge in [-0.2, -0.15) is 5.10 Å². The van der Waals surface area contributed by atoms with E-state index in [9.17, 15) is 9.59 Å². The van der Waals surface area contributed by atoms with E-state index in [4.69, 9.17) is 36.6 Å². The molecule has 206 valence electrons. The summed E-state index contributed by atoms with van der Waals surface area (Å²) in [7, 11) is 3.25. The third kappa shape index (κ3) is 5.67. The number of carbonyl (C=O) groups excluding carboxylic acids is 2. The predicted molar refractivity (Wildman–Crippen MR) is 154 cm³/mol. The number of fused-ring (bicyclic) bond motifs is 1. The zero-order valence-corrected chi connectivity index (χ0v) is 23.1. The molecule has 0 aromatic heterocycles. The number of halogens is 1. The zero-order valence-electron chi connectivity index (χ0n) is 22.3. The van der Waals surface area contributed by atoms with Gasteiger partial charge in [0.2, 0.25) is 0 Å². The van der Waals surface area contributed by atoms with E-state index < -0.39 is 18.5 Å². The number of amides is 1. The highest BCUT2D eigenvalue weighted by Gasteiger charge is 2.43. The molecule has 40 heavy (non-hydrogen) atoms. The summed E-state index contributed by atoms with van der Waals surface area (Å²) in [5.74, 6) is 0.431. The lowest BCUT2D eigenvalue weighted by Gasteiger charge is -2.29. The number of methoxy groups -OCH3 is 2. The van der Waals surface area contributed by atoms with Crippen LogP contribution in [0.4, 0.5) is 5.69 Å². The van der Waals surface area contributed by atoms with Crippen LogP contribution in [0.15, 0.2) is 77.4 Å². The number of nitrogens with zero attached hydrogens (tertiary/aromatic N) is 2. The molecule has 1 heterocycles. The minimum absolute atomic E-state index is 0.00218. The molecule has 1 fully saturated rings. The Morgan fingerprint density at radius 1 is 1.02 bits per heavy atom. The Hall–Kier alpha value is -4.30. The Bertz CT molecular complexity index is 1470. The third-order valence-electron chi connectivity index (χ3n) is 7.23. The maximum atomic E-state index is 13.5. The summed E-state index contributed by atoms with van der Waals surface area (Å²) in [5.41, 5.74) is 10.2. The average molecular weight is 560 g/mol. The number of allylic oxidation sites excluding steroid dienone is 1. The smallest absolute Gasteiger partial charge is 0.338 e. The van der Waals surface area contributed by atoms with E-state index in [1.807, 2.05) is 48.5 Å². The van der Waals surface area contributed by atoms with Gasteiger partial charge in [-0.3, -0.25) is 4.79 Å². The first kappa shape index (κ1) is 27.3. The van der Waals surface area contributed by atoms with Gasteiger partial charge < -0.3 is 19.9 Å². The number of ether oxygens (including phenoxy) is 3. The summed E-state index contributed by atoms with van der Waals surface area (Å²) in [6.07, 6.45) is 4.82. The molecule has 2 unspecified atom stereocenters. The first-order valence-corrected chi connectivity index (χ1v) is 13.4. The maximum Gasteiger partial charge on any atom is 0.338 e. The summed E-state index contributed by atoms with van der Waals surface area (Å²) in [6, 6.07) is 19.6. The van der Waals surface area contributed by atoms with Crippen LogP contribution in [0.2, 0.25) is 5.02 Å². The van der Waals surface area contributed by atoms with Crippen molar-refractivity contribution in [1.82, 2.24) is 5.01 Å². The number of benzene rings is 3. The molecular formula is C31H30ClN3O5. The number of esters is 1. The lowest BCUT2D eigenvalue weighted by Crippen LogP contribution is -2.34. The third-order valence-corrected chi connectivity index (χ3v) is 7.57. The molecule has 1 saturated carbocycles. The van der Waals surface area contributed by atoms with Crippen molar-refractivity contribution in [3.8, 4) is 11.5 Å². The fourth-order valence-corrected chi connectivity index (χ4v) is 5.31. The molecule has 9 heteroatoms. The molecule has 2 N–H and O–H groups in total. The van der Waals surface area contributed by atoms with Crippen molar-refractivity contribution in [3.05, 3.63) is 94.0 Å². The van der Waals surface area contributed by atoms with Gasteiger partial charge in [-0.05, 0) is 84.5 Å². The van der Waals surface area contributed by atoms with Gasteiger partial charge in [-0.1, -0.05) is 35.9 Å². The van der Waals surface area contributed by atoms with Crippen LogP contribution in [0.3, 0.4) is 0 Å². The Labute approximate surface area is 238 Å². The molecule has 0 saturated heterocycles. The lowest BCUT2D eigenvalue weighted by atomic mass is 9.77. The molecule has 2 aliphatic rings. The largest absolute Gasteiger partial charge is 0.497 e. The fourth-order valence-electron chi connectivity index (χ4n) is 5.19. The lowest BCUT2D eigenvalue weighted by molar-refractivity contribution is -0.137. The van der Waals surface area contributed by atoms with Crippen molar-refractivity contribution < 1.29 is 23.8 Å². The number of anilines is 1. The molecule has 0 bridgehead atoms. The average Bonchev–Trinajstić information content (AvgIpc) is 3.38. The van der Waals surface area contributed by atoms with Crippen LogP contribution in [0.5, 0.6) is 11.5 Å². The topological polar surface area (TPSA) is 103 Å². The molecule has 1 aliphatic heterocycles. The second-order valence-corrected chi connectivity index (χ2v) is 10.1. The Morgan fingerprint density at radius 3 is 2.35 bits per heavy atom. The quantitative estimate of drug-likeness (QED) is 0.285. The number of rotatable bonds is 7. The summed E-state index contributed by atoms with van der Waals surface area (Å²) >= 11 is 5.96. The van der Waals surface area contributed by atoms with Crippen LogP contribution in [0.1, 0.15) is 46.8 Å². The monoisotopic (exact) mass is 559 g/mol. The van der Waals surface area contributed by atoms with E-state index in [0.717, 1.165) is 53.2 Å². The molecule has 1 aliphatic carbocycles. The van der Waals surface area contributed by atoms with Crippen LogP contribution < -0.4 is 15.2 Å². The van der Waals surface area contributed by atoms with Gasteiger partial charge in [0.25, 0.3) is 5.91 Å². The molecule has 0 radical (unpaired) electrons. The number of nitrogens with two attached hydrogens (primary N) is 1. The van der Waals surface area contributed by atoms with Crippen molar-refractivity contribution in [2.45, 2.75) is 25.3 Å². The van der Waals surface area contributed by atoms with Crippen LogP contribution in [-0.4, -0.2) is 43.4 Å². The van der Waals surface area contributed by atoms with Crippen LogP contribution in [0.25, 0.3) is 6.08 Å². The highest BCUT2D eigenvalue weighted by molar-refractivity contribution is 6.33. The highest BCUT2D eigenvalue weighted by atomic mass is 35.5. The van der Waals surface area contributed by atoms with Crippen molar-refractivity contribution >= 4 is 41.0 Å². The minimum atomic E-state index is -0.665. The normalized spacial score (nSPS) is 19.1. The van der Waals surface area contributed by atoms with E-state index in [-0.39, 0.29) is 23.2 Å². The van der Waals surface area contributed by atoms with E-state index in [1.54, 1.807) is 14.2 Å². The molecule has 3 aromatic carbocycles. The van der Waals surface area contributed by atoms with Crippen molar-refractivity contribution in [3.63, 3.8) is 0 Å². The number of carbonyl (C=O) groups is 2. The van der Waals surface area contributed by atoms with Gasteiger partial charge in [0.15, 0.2) is 6.61 Å². The van der Waals surface area contributed by atoms with Gasteiger partial charge in [-0.15, -0.1) is 0 Å². The van der Waals surface area contributed by atoms with E-state index in [2.05, 4.69) is 6.08 Å². The van der Waals surface area contributed by atoms with Crippen LogP contribution in [0, 0.1) is 5.92 Å². The van der Waals surface area contributed by atoms with Crippen LogP contribution in [-0.2, 0) is 9.53 Å². The second kappa shape index (κ2) is 11.8. The van der Waals surface area contributed by atoms with E-state index >= 15 is 0 Å². The second-order valence-electron chi connectivity index (χ2n) is 9.70. The van der Waals surface area contributed by atoms with Gasteiger partial charge in [-0.25, -0.2) is 9.80 Å². The predicted octanol–water partition coefficient (Wildman–Crippen LogP) is 5.92. The maximum absolute atomic E-state index is 13.5. The number of nitrogen functional groups attached to an aromatic ring is 1. The minimum Gasteiger partial charge on any atom is -0.497 e. The molecular weight excluding hydrogens is 530 g/mol. The van der Waals surface area contributed by atoms with Gasteiger partial charge in [0, 0.05) is 5.92 Å². The van der Waals surface area contributed by atoms with Crippen LogP contribution >= 0.6 is 11.6 Å².